The molecule has 0 aromatic rings. The van der Waals surface area contributed by atoms with Crippen molar-refractivity contribution in [3.63, 3.8) is 0 Å². The lowest BCUT2D eigenvalue weighted by atomic mass is 10.1. The van der Waals surface area contributed by atoms with E-state index in [9.17, 15) is 0 Å². The van der Waals surface area contributed by atoms with E-state index in [1.54, 1.807) is 11.8 Å². The highest BCUT2D eigenvalue weighted by atomic mass is 32.2. The Labute approximate surface area is 157 Å². The van der Waals surface area contributed by atoms with Crippen molar-refractivity contribution < 1.29 is 4.74 Å². The molecule has 0 radical (unpaired) electrons. The Hall–Kier alpha value is 0.0500. The van der Waals surface area contributed by atoms with Gasteiger partial charge in [0.25, 0.3) is 0 Å². The van der Waals surface area contributed by atoms with E-state index in [1.165, 1.54) is 103 Å². The molecule has 0 amide bonds. The molecule has 0 aromatic carbocycles. The second-order valence-corrected chi connectivity index (χ2v) is 7.77. The topological polar surface area (TPSA) is 9.23 Å². The molecule has 1 nitrogen and oxygen atoms in total. The molecule has 0 unspecified atom stereocenters. The van der Waals surface area contributed by atoms with E-state index in [0.29, 0.717) is 0 Å². The van der Waals surface area contributed by atoms with Gasteiger partial charge in [-0.15, -0.1) is 11.8 Å². The van der Waals surface area contributed by atoms with Crippen LogP contribution in [0.5, 0.6) is 0 Å². The van der Waals surface area contributed by atoms with Gasteiger partial charge in [0.2, 0.25) is 0 Å². The van der Waals surface area contributed by atoms with Gasteiger partial charge in [0.05, 0.1) is 5.94 Å². The summed E-state index contributed by atoms with van der Waals surface area (Å²) >= 11 is 1.76. The zero-order chi connectivity index (χ0) is 17.6. The smallest absolute Gasteiger partial charge is 0.0918 e. The minimum Gasteiger partial charge on any atom is -0.371 e. The van der Waals surface area contributed by atoms with Crippen LogP contribution in [0.3, 0.4) is 0 Å². The van der Waals surface area contributed by atoms with Gasteiger partial charge < -0.3 is 4.74 Å². The van der Waals surface area contributed by atoms with Gasteiger partial charge in [0.15, 0.2) is 0 Å². The molecule has 0 bridgehead atoms. The number of thioether (sulfide) groups is 1. The van der Waals surface area contributed by atoms with Crippen LogP contribution in [0.1, 0.15) is 110 Å². The van der Waals surface area contributed by atoms with E-state index in [4.69, 9.17) is 4.74 Å². The molecule has 0 N–H and O–H groups in total. The third kappa shape index (κ3) is 22.1. The molecule has 0 fully saturated rings. The summed E-state index contributed by atoms with van der Waals surface area (Å²) in [5.41, 5.74) is 0. The second-order valence-electron chi connectivity index (χ2n) is 6.96. The van der Waals surface area contributed by atoms with Crippen LogP contribution in [0.15, 0.2) is 12.2 Å². The molecule has 144 valence electrons. The molecule has 0 atom stereocenters. The largest absolute Gasteiger partial charge is 0.371 e. The highest BCUT2D eigenvalue weighted by Gasteiger charge is 1.93. The quantitative estimate of drug-likeness (QED) is 0.124. The summed E-state index contributed by atoms with van der Waals surface area (Å²) in [7, 11) is 0. The zero-order valence-electron chi connectivity index (χ0n) is 16.7. The molecule has 0 aromatic heterocycles. The van der Waals surface area contributed by atoms with Crippen LogP contribution in [0, 0.1) is 0 Å². The first-order chi connectivity index (χ1) is 11.9. The molecule has 0 saturated carbocycles. The molecule has 0 rings (SSSR count). The molecule has 0 aliphatic heterocycles. The van der Waals surface area contributed by atoms with Crippen LogP contribution >= 0.6 is 11.8 Å². The van der Waals surface area contributed by atoms with Gasteiger partial charge in [-0.3, -0.25) is 0 Å². The van der Waals surface area contributed by atoms with Gasteiger partial charge in [-0.1, -0.05) is 89.7 Å². The van der Waals surface area contributed by atoms with Crippen LogP contribution in [0.25, 0.3) is 0 Å². The van der Waals surface area contributed by atoms with E-state index in [1.807, 2.05) is 0 Å². The summed E-state index contributed by atoms with van der Waals surface area (Å²) in [6, 6.07) is 0. The number of allylic oxidation sites excluding steroid dienone is 2. The first-order valence-electron chi connectivity index (χ1n) is 10.6. The molecule has 0 saturated heterocycles. The van der Waals surface area contributed by atoms with Crippen molar-refractivity contribution in [1.82, 2.24) is 0 Å². The SMILES string of the molecule is CCCCCCCC/C=C\CCCCCCCCCCOCSC. The first kappa shape index (κ1) is 24.1. The Morgan fingerprint density at radius 1 is 0.625 bits per heavy atom. The molecular formula is C22H44OS. The fourth-order valence-corrected chi connectivity index (χ4v) is 3.23. The van der Waals surface area contributed by atoms with Crippen LogP contribution < -0.4 is 0 Å². The number of hydrogen-bond donors (Lipinski definition) is 0. The van der Waals surface area contributed by atoms with Gasteiger partial charge in [0, 0.05) is 6.61 Å². The molecule has 0 aliphatic rings. The molecule has 0 heterocycles. The Bertz CT molecular complexity index is 240. The van der Waals surface area contributed by atoms with E-state index in [2.05, 4.69) is 25.3 Å². The van der Waals surface area contributed by atoms with Crippen LogP contribution in [0.2, 0.25) is 0 Å². The number of rotatable bonds is 20. The molecule has 24 heavy (non-hydrogen) atoms. The number of unbranched alkanes of at least 4 members (excludes halogenated alkanes) is 14. The summed E-state index contributed by atoms with van der Waals surface area (Å²) in [4.78, 5) is 0. The predicted octanol–water partition coefficient (Wildman–Crippen LogP) is 8.14. The maximum atomic E-state index is 5.47. The number of hydrogen-bond acceptors (Lipinski definition) is 2. The van der Waals surface area contributed by atoms with Crippen molar-refractivity contribution in [2.75, 3.05) is 18.8 Å². The summed E-state index contributed by atoms with van der Waals surface area (Å²) in [6.07, 6.45) is 29.0. The average molecular weight is 357 g/mol. The Kier molecular flexibility index (Phi) is 23.1. The van der Waals surface area contributed by atoms with Crippen molar-refractivity contribution in [2.45, 2.75) is 110 Å². The molecule has 0 aliphatic carbocycles. The highest BCUT2D eigenvalue weighted by Crippen LogP contribution is 2.11. The first-order valence-corrected chi connectivity index (χ1v) is 12.0. The number of ether oxygens (including phenoxy) is 1. The maximum Gasteiger partial charge on any atom is 0.0918 e. The zero-order valence-corrected chi connectivity index (χ0v) is 17.5. The van der Waals surface area contributed by atoms with Gasteiger partial charge >= 0.3 is 0 Å². The van der Waals surface area contributed by atoms with E-state index in [-0.39, 0.29) is 0 Å². The third-order valence-corrected chi connectivity index (χ3v) is 4.90. The summed E-state index contributed by atoms with van der Waals surface area (Å²) in [5, 5.41) is 0. The normalized spacial score (nSPS) is 11.6. The van der Waals surface area contributed by atoms with Crippen molar-refractivity contribution in [3.8, 4) is 0 Å². The Morgan fingerprint density at radius 2 is 1.08 bits per heavy atom. The summed E-state index contributed by atoms with van der Waals surface area (Å²) < 4.78 is 5.47. The lowest BCUT2D eigenvalue weighted by Crippen LogP contribution is -1.93. The minimum absolute atomic E-state index is 0.855. The van der Waals surface area contributed by atoms with Crippen molar-refractivity contribution in [3.05, 3.63) is 12.2 Å². The monoisotopic (exact) mass is 356 g/mol. The van der Waals surface area contributed by atoms with Crippen LogP contribution in [-0.2, 0) is 4.74 Å². The standard InChI is InChI=1S/C22H44OS/c1-3-4-5-6-7-8-9-10-11-12-13-14-15-16-17-18-19-20-21-23-22-24-2/h10-11H,3-9,12-22H2,1-2H3/b11-10-. The Balaban J connectivity index is 3.03. The van der Waals surface area contributed by atoms with Gasteiger partial charge in [0.1, 0.15) is 0 Å². The summed E-state index contributed by atoms with van der Waals surface area (Å²) in [6.45, 7) is 3.24. The van der Waals surface area contributed by atoms with Gasteiger partial charge in [-0.2, -0.15) is 0 Å². The van der Waals surface area contributed by atoms with Crippen molar-refractivity contribution >= 4 is 11.8 Å². The second kappa shape index (κ2) is 23.1. The molecule has 2 heteroatoms. The van der Waals surface area contributed by atoms with Crippen molar-refractivity contribution in [1.29, 1.82) is 0 Å². The fraction of sp³-hybridized carbons (Fsp3) is 0.909. The van der Waals surface area contributed by atoms with Crippen molar-refractivity contribution in [2.24, 2.45) is 0 Å². The molecular weight excluding hydrogens is 312 g/mol. The maximum absolute atomic E-state index is 5.47. The Morgan fingerprint density at radius 3 is 1.58 bits per heavy atom. The van der Waals surface area contributed by atoms with Gasteiger partial charge in [-0.25, -0.2) is 0 Å². The average Bonchev–Trinajstić information content (AvgIpc) is 2.60. The van der Waals surface area contributed by atoms with Gasteiger partial charge in [-0.05, 0) is 38.4 Å². The minimum atomic E-state index is 0.855. The summed E-state index contributed by atoms with van der Waals surface area (Å²) in [5.74, 6) is 0.855. The third-order valence-electron chi connectivity index (χ3n) is 4.50. The predicted molar refractivity (Wildman–Crippen MR) is 113 cm³/mol. The lowest BCUT2D eigenvalue weighted by Gasteiger charge is -2.03. The van der Waals surface area contributed by atoms with E-state index < -0.39 is 0 Å². The van der Waals surface area contributed by atoms with E-state index in [0.717, 1.165) is 12.5 Å². The highest BCUT2D eigenvalue weighted by molar-refractivity contribution is 7.98. The van der Waals surface area contributed by atoms with E-state index >= 15 is 0 Å². The molecule has 0 spiro atoms. The van der Waals surface area contributed by atoms with Crippen LogP contribution in [-0.4, -0.2) is 18.8 Å². The van der Waals surface area contributed by atoms with Crippen LogP contribution in [0.4, 0.5) is 0 Å². The fourth-order valence-electron chi connectivity index (χ4n) is 2.95. The lowest BCUT2D eigenvalue weighted by molar-refractivity contribution is 0.177.